The first-order valence-corrected chi connectivity index (χ1v) is 36.6. The molecule has 530 valence electrons. The van der Waals surface area contributed by atoms with E-state index >= 15 is 0 Å². The van der Waals surface area contributed by atoms with Crippen molar-refractivity contribution in [2.24, 2.45) is 0 Å². The van der Waals surface area contributed by atoms with Gasteiger partial charge in [-0.2, -0.15) is 0 Å². The van der Waals surface area contributed by atoms with Crippen LogP contribution < -0.4 is 5.32 Å². The van der Waals surface area contributed by atoms with Gasteiger partial charge in [0.2, 0.25) is 5.91 Å². The van der Waals surface area contributed by atoms with Crippen molar-refractivity contribution in [1.82, 2.24) is 5.32 Å². The molecule has 0 aromatic carbocycles. The minimum absolute atomic E-state index is 0.240. The van der Waals surface area contributed by atoms with Crippen LogP contribution in [0.4, 0.5) is 0 Å². The Morgan fingerprint density at radius 3 is 1.10 bits per heavy atom. The second-order valence-electron chi connectivity index (χ2n) is 26.4. The van der Waals surface area contributed by atoms with Gasteiger partial charge in [0.25, 0.3) is 0 Å². The molecule has 3 fully saturated rings. The van der Waals surface area contributed by atoms with E-state index in [1.54, 1.807) is 6.08 Å². The highest BCUT2D eigenvalue weighted by molar-refractivity contribution is 5.76. The van der Waals surface area contributed by atoms with E-state index in [4.69, 9.17) is 28.4 Å². The molecule has 3 aliphatic rings. The summed E-state index contributed by atoms with van der Waals surface area (Å²) in [6, 6.07) is -0.984. The first-order chi connectivity index (χ1) is 43.8. The van der Waals surface area contributed by atoms with Crippen molar-refractivity contribution in [1.29, 1.82) is 0 Å². The molecule has 0 bridgehead atoms. The van der Waals surface area contributed by atoms with Crippen LogP contribution in [-0.2, 0) is 33.2 Å². The molecule has 90 heavy (non-hydrogen) atoms. The van der Waals surface area contributed by atoms with Gasteiger partial charge in [-0.1, -0.05) is 282 Å². The van der Waals surface area contributed by atoms with Gasteiger partial charge in [-0.25, -0.2) is 0 Å². The van der Waals surface area contributed by atoms with Crippen LogP contribution in [-0.4, -0.2) is 193 Å². The molecule has 0 radical (unpaired) electrons. The van der Waals surface area contributed by atoms with Gasteiger partial charge in [-0.3, -0.25) is 4.79 Å². The van der Waals surface area contributed by atoms with E-state index in [0.29, 0.717) is 12.8 Å². The van der Waals surface area contributed by atoms with Crippen LogP contribution in [0.1, 0.15) is 290 Å². The van der Waals surface area contributed by atoms with Crippen LogP contribution in [0.2, 0.25) is 0 Å². The molecule has 3 aliphatic heterocycles. The fraction of sp³-hybridized carbons (Fsp3) is 0.930. The fourth-order valence-electron chi connectivity index (χ4n) is 12.5. The van der Waals surface area contributed by atoms with Gasteiger partial charge in [-0.15, -0.1) is 0 Å². The normalized spacial score (nSPS) is 28.1. The van der Waals surface area contributed by atoms with Crippen molar-refractivity contribution in [2.45, 2.75) is 394 Å². The standard InChI is InChI=1S/C71H133NO18/c1-3-5-7-9-11-13-14-15-16-17-18-19-20-21-22-23-24-25-26-27-28-29-30-31-32-33-34-35-36-37-38-39-40-41-43-45-47-49-59(77)72-54(55(76)48-46-44-42-12-10-8-6-4-2)53-85-69-65(83)62(80)67(57(51-74)87-69)90-71-66(84)63(81)68(58(52-75)88-71)89-70-64(82)61(79)60(78)56(50-73)86-70/h10,12,46,48,54-58,60-71,73-76,78-84H,3-9,11,13-45,47,49-53H2,1-2H3,(H,72,77)/b12-10+,48-46+. The van der Waals surface area contributed by atoms with Gasteiger partial charge >= 0.3 is 0 Å². The summed E-state index contributed by atoms with van der Waals surface area (Å²) in [5.41, 5.74) is 0. The Balaban J connectivity index is 1.26. The van der Waals surface area contributed by atoms with Crippen LogP contribution in [0.5, 0.6) is 0 Å². The highest BCUT2D eigenvalue weighted by atomic mass is 16.8. The number of allylic oxidation sites excluding steroid dienone is 3. The fourth-order valence-corrected chi connectivity index (χ4v) is 12.5. The van der Waals surface area contributed by atoms with Crippen LogP contribution in [0.15, 0.2) is 24.3 Å². The van der Waals surface area contributed by atoms with E-state index in [2.05, 4.69) is 31.3 Å². The van der Waals surface area contributed by atoms with Crippen LogP contribution in [0.25, 0.3) is 0 Å². The molecule has 0 saturated carbocycles. The lowest BCUT2D eigenvalue weighted by molar-refractivity contribution is -0.379. The third kappa shape index (κ3) is 34.8. The smallest absolute Gasteiger partial charge is 0.220 e. The van der Waals surface area contributed by atoms with E-state index in [1.165, 1.54) is 212 Å². The molecular formula is C71H133NO18. The number of amides is 1. The highest BCUT2D eigenvalue weighted by Gasteiger charge is 2.53. The van der Waals surface area contributed by atoms with Crippen LogP contribution >= 0.6 is 0 Å². The van der Waals surface area contributed by atoms with Gasteiger partial charge in [0.05, 0.1) is 38.6 Å². The topological polar surface area (TPSA) is 307 Å². The van der Waals surface area contributed by atoms with Gasteiger partial charge in [0.1, 0.15) is 73.2 Å². The number of aliphatic hydroxyl groups is 11. The zero-order valence-corrected chi connectivity index (χ0v) is 56.1. The molecule has 0 aromatic heterocycles. The molecule has 17 atom stereocenters. The Hall–Kier alpha value is -1.73. The van der Waals surface area contributed by atoms with Gasteiger partial charge in [-0.05, 0) is 25.7 Å². The molecule has 12 N–H and O–H groups in total. The zero-order valence-electron chi connectivity index (χ0n) is 56.1. The lowest BCUT2D eigenvalue weighted by Gasteiger charge is -2.48. The Morgan fingerprint density at radius 1 is 0.389 bits per heavy atom. The number of rotatable bonds is 57. The summed E-state index contributed by atoms with van der Waals surface area (Å²) in [6.45, 7) is 1.65. The van der Waals surface area contributed by atoms with Crippen LogP contribution in [0, 0.1) is 0 Å². The van der Waals surface area contributed by atoms with Gasteiger partial charge < -0.3 is 89.9 Å². The zero-order chi connectivity index (χ0) is 65.4. The number of nitrogens with one attached hydrogen (secondary N) is 1. The summed E-state index contributed by atoms with van der Waals surface area (Å²) >= 11 is 0. The number of hydrogen-bond donors (Lipinski definition) is 12. The van der Waals surface area contributed by atoms with E-state index in [0.717, 1.165) is 44.9 Å². The molecule has 17 unspecified atom stereocenters. The largest absolute Gasteiger partial charge is 0.394 e. The molecule has 0 aliphatic carbocycles. The molecule has 3 heterocycles. The maximum Gasteiger partial charge on any atom is 0.220 e. The monoisotopic (exact) mass is 1290 g/mol. The molecule has 0 aromatic rings. The lowest BCUT2D eigenvalue weighted by Crippen LogP contribution is -2.66. The molecule has 1 amide bonds. The van der Waals surface area contributed by atoms with Crippen molar-refractivity contribution in [3.63, 3.8) is 0 Å². The van der Waals surface area contributed by atoms with Gasteiger partial charge in [0.15, 0.2) is 18.9 Å². The van der Waals surface area contributed by atoms with Crippen LogP contribution in [0.3, 0.4) is 0 Å². The third-order valence-corrected chi connectivity index (χ3v) is 18.5. The van der Waals surface area contributed by atoms with E-state index in [-0.39, 0.29) is 18.9 Å². The first-order valence-electron chi connectivity index (χ1n) is 36.6. The number of carbonyl (C=O) groups excluding carboxylic acids is 1. The summed E-state index contributed by atoms with van der Waals surface area (Å²) in [6.07, 6.45) is 35.4. The van der Waals surface area contributed by atoms with Crippen molar-refractivity contribution >= 4 is 5.91 Å². The van der Waals surface area contributed by atoms with E-state index < -0.39 is 124 Å². The van der Waals surface area contributed by atoms with Gasteiger partial charge in [0, 0.05) is 6.42 Å². The minimum Gasteiger partial charge on any atom is -0.394 e. The average Bonchev–Trinajstić information content (AvgIpc) is 0.873. The molecule has 19 nitrogen and oxygen atoms in total. The third-order valence-electron chi connectivity index (χ3n) is 18.5. The quantitative estimate of drug-likeness (QED) is 0.0199. The summed E-state index contributed by atoms with van der Waals surface area (Å²) in [4.78, 5) is 13.3. The first kappa shape index (κ1) is 82.5. The lowest BCUT2D eigenvalue weighted by atomic mass is 9.96. The number of hydrogen-bond acceptors (Lipinski definition) is 18. The molecular weight excluding hydrogens is 1150 g/mol. The minimum atomic E-state index is -1.98. The van der Waals surface area contributed by atoms with Crippen molar-refractivity contribution < 1.29 is 89.4 Å². The predicted molar refractivity (Wildman–Crippen MR) is 351 cm³/mol. The van der Waals surface area contributed by atoms with Crippen molar-refractivity contribution in [3.8, 4) is 0 Å². The summed E-state index contributed by atoms with van der Waals surface area (Å²) in [7, 11) is 0. The van der Waals surface area contributed by atoms with E-state index in [1.807, 2.05) is 6.08 Å². The van der Waals surface area contributed by atoms with Crippen molar-refractivity contribution in [2.75, 3.05) is 26.4 Å². The number of aliphatic hydroxyl groups excluding tert-OH is 11. The molecule has 0 spiro atoms. The highest BCUT2D eigenvalue weighted by Crippen LogP contribution is 2.33. The Kier molecular flexibility index (Phi) is 49.0. The number of ether oxygens (including phenoxy) is 6. The van der Waals surface area contributed by atoms with E-state index in [9.17, 15) is 61.0 Å². The average molecular weight is 1290 g/mol. The maximum atomic E-state index is 13.3. The Labute approximate surface area is 543 Å². The Bertz CT molecular complexity index is 1730. The summed E-state index contributed by atoms with van der Waals surface area (Å²) in [5, 5.41) is 120. The number of unbranched alkanes of at least 4 members (excludes halogenated alkanes) is 39. The molecule has 3 saturated heterocycles. The second kappa shape index (κ2) is 53.4. The maximum absolute atomic E-state index is 13.3. The summed E-state index contributed by atoms with van der Waals surface area (Å²) < 4.78 is 34.2. The van der Waals surface area contributed by atoms with Crippen molar-refractivity contribution in [3.05, 3.63) is 24.3 Å². The summed E-state index contributed by atoms with van der Waals surface area (Å²) in [5.74, 6) is -0.284. The number of carbonyl (C=O) groups is 1. The molecule has 19 heteroatoms. The Morgan fingerprint density at radius 2 is 0.711 bits per heavy atom. The second-order valence-corrected chi connectivity index (χ2v) is 26.4. The SMILES string of the molecule is CCCC/C=C/CC/C=C/C(O)C(COC1OC(CO)C(OC2OC(CO)C(OC3OC(CO)C(O)C(O)C3O)C(O)C2O)C(O)C1O)NC(=O)CCCCCCCCCCCCCCCCCCCCCCCCCCCCCCCCCCCCCCC. The predicted octanol–water partition coefficient (Wildman–Crippen LogP) is 10.2. The molecule has 3 rings (SSSR count).